The molecule has 0 bridgehead atoms. The third-order valence-electron chi connectivity index (χ3n) is 1.33. The molecule has 0 aromatic carbocycles. The third kappa shape index (κ3) is 4.86. The lowest BCUT2D eigenvalue weighted by molar-refractivity contribution is 0.335. The van der Waals surface area contributed by atoms with Crippen molar-refractivity contribution in [2.75, 3.05) is 0 Å². The van der Waals surface area contributed by atoms with Crippen molar-refractivity contribution in [3.63, 3.8) is 0 Å². The van der Waals surface area contributed by atoms with Crippen LogP contribution in [0.5, 0.6) is 0 Å². The molecule has 0 atom stereocenters. The molecule has 0 N–H and O–H groups in total. The molecule has 13 heavy (non-hydrogen) atoms. The summed E-state index contributed by atoms with van der Waals surface area (Å²) in [6, 6.07) is 0. The summed E-state index contributed by atoms with van der Waals surface area (Å²) in [6.07, 6.45) is 10.8. The third-order valence-corrected chi connectivity index (χ3v) is 1.33. The molecule has 0 aromatic heterocycles. The van der Waals surface area contributed by atoms with Crippen molar-refractivity contribution in [1.82, 2.24) is 0 Å². The molecule has 70 valence electrons. The molecular formula is C12H16O. The van der Waals surface area contributed by atoms with Crippen LogP contribution in [0.3, 0.4) is 0 Å². The highest BCUT2D eigenvalue weighted by atomic mass is 16.5. The average molecular weight is 176 g/mol. The molecule has 0 aliphatic carbocycles. The van der Waals surface area contributed by atoms with Crippen LogP contribution >= 0.6 is 0 Å². The highest BCUT2D eigenvalue weighted by molar-refractivity contribution is 5.20. The van der Waals surface area contributed by atoms with Gasteiger partial charge < -0.3 is 4.74 Å². The maximum absolute atomic E-state index is 5.48. The maximum atomic E-state index is 5.48. The fourth-order valence-corrected chi connectivity index (χ4v) is 0.749. The first-order chi connectivity index (χ1) is 6.28. The van der Waals surface area contributed by atoms with Crippen LogP contribution in [0.1, 0.15) is 13.8 Å². The number of rotatable bonds is 5. The van der Waals surface area contributed by atoms with Gasteiger partial charge in [-0.3, -0.25) is 0 Å². The summed E-state index contributed by atoms with van der Waals surface area (Å²) >= 11 is 0. The average Bonchev–Trinajstić information content (AvgIpc) is 2.16. The summed E-state index contributed by atoms with van der Waals surface area (Å²) in [5, 5.41) is 0. The first-order valence-corrected chi connectivity index (χ1v) is 4.20. The van der Waals surface area contributed by atoms with E-state index in [9.17, 15) is 0 Å². The molecule has 1 heteroatoms. The van der Waals surface area contributed by atoms with Crippen LogP contribution in [0.4, 0.5) is 0 Å². The molecule has 0 rings (SSSR count). The maximum Gasteiger partial charge on any atom is 0.126 e. The molecule has 1 nitrogen and oxygen atoms in total. The van der Waals surface area contributed by atoms with E-state index in [-0.39, 0.29) is 0 Å². The predicted molar refractivity (Wildman–Crippen MR) is 58.1 cm³/mol. The minimum atomic E-state index is 0.696. The molecule has 0 unspecified atom stereocenters. The first-order valence-electron chi connectivity index (χ1n) is 4.20. The fourth-order valence-electron chi connectivity index (χ4n) is 0.749. The Bertz CT molecular complexity index is 254. The van der Waals surface area contributed by atoms with Gasteiger partial charge in [-0.1, -0.05) is 25.3 Å². The van der Waals surface area contributed by atoms with Gasteiger partial charge in [-0.15, -0.1) is 0 Å². The van der Waals surface area contributed by atoms with E-state index < -0.39 is 0 Å². The second kappa shape index (κ2) is 7.17. The minimum absolute atomic E-state index is 0.696. The standard InChI is InChI=1S/C12H16O/c1-5-9-11(7-3)13-12(8-4)10-6-2/h5-10H,1,3H2,2,4H3/b10-6-,11-9+,12-8+. The van der Waals surface area contributed by atoms with E-state index in [1.54, 1.807) is 18.2 Å². The van der Waals surface area contributed by atoms with Crippen molar-refractivity contribution in [3.05, 3.63) is 61.1 Å². The monoisotopic (exact) mass is 176 g/mol. The molecule has 0 aromatic rings. The van der Waals surface area contributed by atoms with Gasteiger partial charge in [0.15, 0.2) is 0 Å². The zero-order valence-electron chi connectivity index (χ0n) is 8.29. The Balaban J connectivity index is 4.46. The SMILES string of the molecule is C=C/C=C(\C=C)OC(/C=C\C)=C/C. The first kappa shape index (κ1) is 11.5. The van der Waals surface area contributed by atoms with Crippen LogP contribution in [0.15, 0.2) is 61.1 Å². The summed E-state index contributed by atoms with van der Waals surface area (Å²) in [7, 11) is 0. The van der Waals surface area contributed by atoms with E-state index in [1.165, 1.54) is 0 Å². The topological polar surface area (TPSA) is 9.23 Å². The van der Waals surface area contributed by atoms with Crippen LogP contribution in [0.2, 0.25) is 0 Å². The Morgan fingerprint density at radius 1 is 1.15 bits per heavy atom. The van der Waals surface area contributed by atoms with Crippen molar-refractivity contribution < 1.29 is 4.74 Å². The Morgan fingerprint density at radius 3 is 2.23 bits per heavy atom. The molecule has 0 heterocycles. The number of hydrogen-bond donors (Lipinski definition) is 0. The Labute approximate surface area is 80.4 Å². The largest absolute Gasteiger partial charge is 0.458 e. The van der Waals surface area contributed by atoms with Gasteiger partial charge in [-0.2, -0.15) is 0 Å². The van der Waals surface area contributed by atoms with E-state index in [2.05, 4.69) is 13.2 Å². The Kier molecular flexibility index (Phi) is 6.34. The van der Waals surface area contributed by atoms with E-state index in [0.29, 0.717) is 5.76 Å². The quantitative estimate of drug-likeness (QED) is 0.458. The van der Waals surface area contributed by atoms with E-state index in [0.717, 1.165) is 5.76 Å². The highest BCUT2D eigenvalue weighted by Gasteiger charge is 1.93. The molecule has 0 radical (unpaired) electrons. The zero-order valence-corrected chi connectivity index (χ0v) is 8.29. The number of hydrogen-bond acceptors (Lipinski definition) is 1. The summed E-state index contributed by atoms with van der Waals surface area (Å²) in [5.74, 6) is 1.50. The second-order valence-corrected chi connectivity index (χ2v) is 2.30. The normalized spacial score (nSPS) is 13.1. The molecule has 0 aliphatic rings. The van der Waals surface area contributed by atoms with Gasteiger partial charge in [0.25, 0.3) is 0 Å². The Hall–Kier alpha value is -1.50. The smallest absolute Gasteiger partial charge is 0.126 e. The molecule has 0 saturated carbocycles. The van der Waals surface area contributed by atoms with Gasteiger partial charge in [-0.05, 0) is 38.2 Å². The lowest BCUT2D eigenvalue weighted by Gasteiger charge is -2.05. The van der Waals surface area contributed by atoms with Crippen LogP contribution in [0.25, 0.3) is 0 Å². The molecule has 0 aliphatic heterocycles. The van der Waals surface area contributed by atoms with Crippen LogP contribution in [0, 0.1) is 0 Å². The van der Waals surface area contributed by atoms with Crippen molar-refractivity contribution in [2.24, 2.45) is 0 Å². The highest BCUT2D eigenvalue weighted by Crippen LogP contribution is 2.08. The second-order valence-electron chi connectivity index (χ2n) is 2.30. The summed E-state index contributed by atoms with van der Waals surface area (Å²) < 4.78 is 5.48. The van der Waals surface area contributed by atoms with Gasteiger partial charge >= 0.3 is 0 Å². The van der Waals surface area contributed by atoms with Crippen molar-refractivity contribution >= 4 is 0 Å². The molecular weight excluding hydrogens is 160 g/mol. The summed E-state index contributed by atoms with van der Waals surface area (Å²) in [4.78, 5) is 0. The van der Waals surface area contributed by atoms with E-state index in [4.69, 9.17) is 4.74 Å². The zero-order chi connectivity index (χ0) is 10.1. The van der Waals surface area contributed by atoms with Crippen molar-refractivity contribution in [3.8, 4) is 0 Å². The lowest BCUT2D eigenvalue weighted by atomic mass is 10.4. The lowest BCUT2D eigenvalue weighted by Crippen LogP contribution is -1.87. The molecule has 0 saturated heterocycles. The van der Waals surface area contributed by atoms with Crippen LogP contribution < -0.4 is 0 Å². The minimum Gasteiger partial charge on any atom is -0.458 e. The summed E-state index contributed by atoms with van der Waals surface area (Å²) in [5.41, 5.74) is 0. The van der Waals surface area contributed by atoms with Crippen LogP contribution in [-0.2, 0) is 4.74 Å². The van der Waals surface area contributed by atoms with Crippen molar-refractivity contribution in [2.45, 2.75) is 13.8 Å². The van der Waals surface area contributed by atoms with Crippen molar-refractivity contribution in [1.29, 1.82) is 0 Å². The summed E-state index contributed by atoms with van der Waals surface area (Å²) in [6.45, 7) is 11.1. The van der Waals surface area contributed by atoms with E-state index >= 15 is 0 Å². The molecule has 0 fully saturated rings. The van der Waals surface area contributed by atoms with Gasteiger partial charge in [0, 0.05) is 0 Å². The molecule has 0 amide bonds. The van der Waals surface area contributed by atoms with Gasteiger partial charge in [0.2, 0.25) is 0 Å². The fraction of sp³-hybridized carbons (Fsp3) is 0.167. The number of ether oxygens (including phenoxy) is 1. The predicted octanol–water partition coefficient (Wildman–Crippen LogP) is 3.74. The van der Waals surface area contributed by atoms with Crippen LogP contribution in [-0.4, -0.2) is 0 Å². The molecule has 0 spiro atoms. The van der Waals surface area contributed by atoms with Gasteiger partial charge in [0.1, 0.15) is 11.5 Å². The Morgan fingerprint density at radius 2 is 1.85 bits per heavy atom. The number of allylic oxidation sites excluding steroid dienone is 6. The van der Waals surface area contributed by atoms with Gasteiger partial charge in [0.05, 0.1) is 0 Å². The van der Waals surface area contributed by atoms with Gasteiger partial charge in [-0.25, -0.2) is 0 Å². The van der Waals surface area contributed by atoms with E-state index in [1.807, 2.05) is 32.1 Å².